The summed E-state index contributed by atoms with van der Waals surface area (Å²) in [5.41, 5.74) is 2.31. The topological polar surface area (TPSA) is 138 Å². The Morgan fingerprint density at radius 3 is 2.22 bits per heavy atom. The molecule has 1 N–H and O–H groups in total. The van der Waals surface area contributed by atoms with Crippen LogP contribution in [0.4, 0.5) is 11.7 Å². The maximum atomic E-state index is 12.8. The lowest BCUT2D eigenvalue weighted by molar-refractivity contribution is -0.124. The zero-order valence-corrected chi connectivity index (χ0v) is 20.4. The van der Waals surface area contributed by atoms with E-state index in [4.69, 9.17) is 4.52 Å². The molecule has 2 aromatic heterocycles. The van der Waals surface area contributed by atoms with Crippen molar-refractivity contribution in [3.8, 4) is 22.9 Å². The highest BCUT2D eigenvalue weighted by molar-refractivity contribution is 7.92. The van der Waals surface area contributed by atoms with Crippen LogP contribution < -0.4 is 9.62 Å². The fraction of sp³-hybridized carbons (Fsp3) is 0.120. The minimum Gasteiger partial charge on any atom is -0.338 e. The number of nitrogens with one attached hydrogen (secondary N) is 1. The maximum absolute atomic E-state index is 12.8. The van der Waals surface area contributed by atoms with Crippen molar-refractivity contribution in [3.05, 3.63) is 78.1 Å². The van der Waals surface area contributed by atoms with Gasteiger partial charge in [-0.3, -0.25) is 9.59 Å². The zero-order chi connectivity index (χ0) is 26.0. The number of aromatic nitrogens is 2. The van der Waals surface area contributed by atoms with Crippen LogP contribution in [0.1, 0.15) is 25.1 Å². The van der Waals surface area contributed by atoms with Crippen molar-refractivity contribution in [3.63, 3.8) is 0 Å². The number of sulfonamides is 1. The van der Waals surface area contributed by atoms with Crippen LogP contribution >= 0.6 is 0 Å². The van der Waals surface area contributed by atoms with E-state index in [1.165, 1.54) is 48.7 Å². The van der Waals surface area contributed by atoms with Crippen molar-refractivity contribution in [2.45, 2.75) is 25.7 Å². The summed E-state index contributed by atoms with van der Waals surface area (Å²) in [7, 11) is -3.97. The van der Waals surface area contributed by atoms with Gasteiger partial charge in [0.2, 0.25) is 17.7 Å². The number of carbonyl (C=O) groups is 2. The van der Waals surface area contributed by atoms with Crippen LogP contribution in [0.25, 0.3) is 16.8 Å². The highest BCUT2D eigenvalue weighted by Crippen LogP contribution is 2.36. The van der Waals surface area contributed by atoms with Gasteiger partial charge in [-0.25, -0.2) is 18.0 Å². The molecule has 2 heterocycles. The Labute approximate surface area is 207 Å². The summed E-state index contributed by atoms with van der Waals surface area (Å²) in [6.45, 7) is 4.12. The summed E-state index contributed by atoms with van der Waals surface area (Å²) in [5.74, 6) is -1.08. The smallest absolute Gasteiger partial charge is 0.264 e. The number of hydrogen-bond acceptors (Lipinski definition) is 7. The van der Waals surface area contributed by atoms with Crippen LogP contribution in [-0.2, 0) is 19.6 Å². The first-order valence-corrected chi connectivity index (χ1v) is 12.2. The Balaban J connectivity index is 1.84. The fourth-order valence-corrected chi connectivity index (χ4v) is 4.74. The first kappa shape index (κ1) is 24.4. The molecule has 36 heavy (non-hydrogen) atoms. The van der Waals surface area contributed by atoms with Gasteiger partial charge >= 0.3 is 0 Å². The van der Waals surface area contributed by atoms with Crippen molar-refractivity contribution in [1.82, 2.24) is 9.72 Å². The Bertz CT molecular complexity index is 1580. The van der Waals surface area contributed by atoms with Crippen LogP contribution in [0.15, 0.2) is 76.3 Å². The van der Waals surface area contributed by atoms with E-state index in [1.807, 2.05) is 30.3 Å². The van der Waals surface area contributed by atoms with Crippen LogP contribution in [0.2, 0.25) is 0 Å². The lowest BCUT2D eigenvalue weighted by Crippen LogP contribution is -2.35. The van der Waals surface area contributed by atoms with Crippen molar-refractivity contribution in [1.29, 1.82) is 5.26 Å². The predicted molar refractivity (Wildman–Crippen MR) is 132 cm³/mol. The van der Waals surface area contributed by atoms with Crippen molar-refractivity contribution in [2.24, 2.45) is 0 Å². The van der Waals surface area contributed by atoms with Crippen molar-refractivity contribution in [2.75, 3.05) is 9.62 Å². The third-order valence-electron chi connectivity index (χ3n) is 5.31. The second kappa shape index (κ2) is 9.52. The Kier molecular flexibility index (Phi) is 6.46. The molecule has 0 atom stereocenters. The van der Waals surface area contributed by atoms with Gasteiger partial charge in [0.05, 0.1) is 10.6 Å². The SMILES string of the molecule is CC(=O)N(C(C)=O)c1c(C#N)c(-c2ccccc2)cn1-c1ccc(S(=O)(=O)Nc2cc(C)no2)cc1. The van der Waals surface area contributed by atoms with Crippen molar-refractivity contribution < 1.29 is 22.5 Å². The Morgan fingerprint density at radius 2 is 1.69 bits per heavy atom. The van der Waals surface area contributed by atoms with E-state index in [1.54, 1.807) is 13.1 Å². The largest absolute Gasteiger partial charge is 0.338 e. The van der Waals surface area contributed by atoms with E-state index < -0.39 is 21.8 Å². The molecular weight excluding hydrogens is 482 g/mol. The van der Waals surface area contributed by atoms with Gasteiger partial charge in [-0.2, -0.15) is 5.26 Å². The molecule has 0 aliphatic carbocycles. The van der Waals surface area contributed by atoms with E-state index in [9.17, 15) is 23.3 Å². The molecule has 182 valence electrons. The lowest BCUT2D eigenvalue weighted by atomic mass is 10.0. The number of amides is 2. The number of anilines is 2. The molecular formula is C25H21N5O5S. The number of rotatable bonds is 6. The molecule has 4 aromatic rings. The Hall–Kier alpha value is -4.69. The van der Waals surface area contributed by atoms with Crippen LogP contribution in [0, 0.1) is 18.3 Å². The molecule has 0 saturated carbocycles. The van der Waals surface area contributed by atoms with E-state index in [0.717, 1.165) is 4.90 Å². The van der Waals surface area contributed by atoms with E-state index in [2.05, 4.69) is 15.9 Å². The monoisotopic (exact) mass is 503 g/mol. The fourth-order valence-electron chi connectivity index (χ4n) is 3.77. The number of aryl methyl sites for hydroxylation is 1. The number of benzene rings is 2. The van der Waals surface area contributed by atoms with E-state index >= 15 is 0 Å². The van der Waals surface area contributed by atoms with Gasteiger partial charge in [0.15, 0.2) is 0 Å². The molecule has 4 rings (SSSR count). The van der Waals surface area contributed by atoms with Gasteiger partial charge in [-0.15, -0.1) is 0 Å². The van der Waals surface area contributed by atoms with Gasteiger partial charge in [0, 0.05) is 37.4 Å². The molecule has 0 saturated heterocycles. The second-order valence-corrected chi connectivity index (χ2v) is 9.58. The number of nitriles is 1. The summed E-state index contributed by atoms with van der Waals surface area (Å²) in [6, 6.07) is 18.4. The third-order valence-corrected chi connectivity index (χ3v) is 6.67. The Morgan fingerprint density at radius 1 is 1.06 bits per heavy atom. The maximum Gasteiger partial charge on any atom is 0.264 e. The molecule has 0 aliphatic heterocycles. The molecule has 0 unspecified atom stereocenters. The van der Waals surface area contributed by atoms with Gasteiger partial charge in [0.25, 0.3) is 10.0 Å². The molecule has 0 aliphatic rings. The normalized spacial score (nSPS) is 11.1. The van der Waals surface area contributed by atoms with Crippen LogP contribution in [-0.4, -0.2) is 30.0 Å². The average molecular weight is 504 g/mol. The van der Waals surface area contributed by atoms with Crippen LogP contribution in [0.3, 0.4) is 0 Å². The highest BCUT2D eigenvalue weighted by Gasteiger charge is 2.28. The molecule has 2 aromatic carbocycles. The number of imide groups is 1. The van der Waals surface area contributed by atoms with Gasteiger partial charge in [0.1, 0.15) is 17.5 Å². The first-order valence-electron chi connectivity index (χ1n) is 10.7. The quantitative estimate of drug-likeness (QED) is 0.419. The summed E-state index contributed by atoms with van der Waals surface area (Å²) >= 11 is 0. The second-order valence-electron chi connectivity index (χ2n) is 7.89. The summed E-state index contributed by atoms with van der Waals surface area (Å²) in [4.78, 5) is 25.7. The molecule has 0 radical (unpaired) electrons. The zero-order valence-electron chi connectivity index (χ0n) is 19.6. The van der Waals surface area contributed by atoms with E-state index in [-0.39, 0.29) is 22.2 Å². The van der Waals surface area contributed by atoms with Crippen LogP contribution in [0.5, 0.6) is 0 Å². The highest BCUT2D eigenvalue weighted by atomic mass is 32.2. The predicted octanol–water partition coefficient (Wildman–Crippen LogP) is 4.01. The molecule has 0 spiro atoms. The number of carbonyl (C=O) groups excluding carboxylic acids is 2. The molecule has 10 nitrogen and oxygen atoms in total. The minimum atomic E-state index is -3.97. The van der Waals surface area contributed by atoms with E-state index in [0.29, 0.717) is 22.5 Å². The summed E-state index contributed by atoms with van der Waals surface area (Å²) in [5, 5.41) is 13.7. The van der Waals surface area contributed by atoms with Gasteiger partial charge in [-0.05, 0) is 36.8 Å². The molecule has 2 amide bonds. The summed E-state index contributed by atoms with van der Waals surface area (Å²) < 4.78 is 34.3. The number of nitrogens with zero attached hydrogens (tertiary/aromatic N) is 4. The standard InChI is InChI=1S/C25H21N5O5S/c1-16-13-24(35-27-16)28-36(33,34)21-11-9-20(10-12-21)29-15-23(19-7-5-4-6-8-19)22(14-26)25(29)30(17(2)31)18(3)32/h4-13,15,28H,1-3H3. The number of hydrogen-bond donors (Lipinski definition) is 1. The first-order chi connectivity index (χ1) is 17.1. The van der Waals surface area contributed by atoms with Crippen molar-refractivity contribution >= 4 is 33.5 Å². The molecule has 0 fully saturated rings. The van der Waals surface area contributed by atoms with Gasteiger partial charge in [-0.1, -0.05) is 35.5 Å². The average Bonchev–Trinajstić information content (AvgIpc) is 3.42. The molecule has 0 bridgehead atoms. The molecule has 11 heteroatoms. The van der Waals surface area contributed by atoms with Gasteiger partial charge < -0.3 is 9.09 Å². The summed E-state index contributed by atoms with van der Waals surface area (Å²) in [6.07, 6.45) is 1.64. The minimum absolute atomic E-state index is 0.0194. The lowest BCUT2D eigenvalue weighted by Gasteiger charge is -2.20. The third kappa shape index (κ3) is 4.62.